The maximum Gasteiger partial charge on any atom is 0.232 e. The number of rotatable bonds is 8. The molecule has 3 N–H and O–H groups in total. The zero-order valence-corrected chi connectivity index (χ0v) is 20.3. The molecule has 0 radical (unpaired) electrons. The molecule has 0 saturated carbocycles. The van der Waals surface area contributed by atoms with Gasteiger partial charge in [0.05, 0.1) is 28.6 Å². The van der Waals surface area contributed by atoms with Crippen LogP contribution in [-0.4, -0.2) is 61.9 Å². The summed E-state index contributed by atoms with van der Waals surface area (Å²) in [5.41, 5.74) is 2.21. The van der Waals surface area contributed by atoms with Crippen LogP contribution in [-0.2, 0) is 9.84 Å². The van der Waals surface area contributed by atoms with Crippen LogP contribution in [0.25, 0.3) is 0 Å². The van der Waals surface area contributed by atoms with Gasteiger partial charge in [-0.2, -0.15) is 4.98 Å². The zero-order chi connectivity index (χ0) is 24.1. The van der Waals surface area contributed by atoms with Crippen molar-refractivity contribution in [2.24, 2.45) is 0 Å². The van der Waals surface area contributed by atoms with Crippen LogP contribution in [0.5, 0.6) is 5.75 Å². The molecule has 1 aliphatic heterocycles. The lowest BCUT2D eigenvalue weighted by Crippen LogP contribution is -2.43. The molecule has 10 nitrogen and oxygen atoms in total. The van der Waals surface area contributed by atoms with Gasteiger partial charge in [-0.25, -0.2) is 18.4 Å². The van der Waals surface area contributed by atoms with Gasteiger partial charge in [0.25, 0.3) is 0 Å². The molecule has 1 fully saturated rings. The van der Waals surface area contributed by atoms with E-state index in [9.17, 15) is 8.42 Å². The number of hydrogen-bond acceptors (Lipinski definition) is 10. The number of benzene rings is 2. The molecule has 3 aromatic rings. The third-order valence-corrected chi connectivity index (χ3v) is 7.76. The van der Waals surface area contributed by atoms with Crippen molar-refractivity contribution in [3.05, 3.63) is 48.8 Å². The molecule has 0 amide bonds. The molecule has 0 unspecified atom stereocenters. The van der Waals surface area contributed by atoms with Gasteiger partial charge in [0, 0.05) is 37.9 Å². The van der Waals surface area contributed by atoms with E-state index in [2.05, 4.69) is 35.8 Å². The first kappa shape index (κ1) is 23.7. The maximum absolute atomic E-state index is 12.7. The summed E-state index contributed by atoms with van der Waals surface area (Å²) in [6, 6.07) is 12.7. The molecular formula is C23H29N7O3S. The van der Waals surface area contributed by atoms with E-state index >= 15 is 0 Å². The highest BCUT2D eigenvalue weighted by Gasteiger charge is 2.23. The molecule has 11 heteroatoms. The van der Waals surface area contributed by atoms with E-state index in [1.54, 1.807) is 45.2 Å². The van der Waals surface area contributed by atoms with Crippen LogP contribution in [0.4, 0.5) is 29.0 Å². The molecular weight excluding hydrogens is 454 g/mol. The Morgan fingerprint density at radius 3 is 2.35 bits per heavy atom. The number of piperazine rings is 1. The summed E-state index contributed by atoms with van der Waals surface area (Å²) < 4.78 is 31.1. The Morgan fingerprint density at radius 2 is 1.68 bits per heavy atom. The van der Waals surface area contributed by atoms with E-state index in [1.807, 2.05) is 18.2 Å². The van der Waals surface area contributed by atoms with Crippen molar-refractivity contribution in [3.63, 3.8) is 0 Å². The Labute approximate surface area is 199 Å². The first-order valence-corrected chi connectivity index (χ1v) is 12.6. The Kier molecular flexibility index (Phi) is 7.13. The number of sulfone groups is 1. The maximum atomic E-state index is 12.7. The van der Waals surface area contributed by atoms with Crippen LogP contribution < -0.4 is 25.6 Å². The van der Waals surface area contributed by atoms with Crippen LogP contribution in [0.1, 0.15) is 13.8 Å². The van der Waals surface area contributed by atoms with Gasteiger partial charge in [-0.3, -0.25) is 0 Å². The zero-order valence-electron chi connectivity index (χ0n) is 19.4. The van der Waals surface area contributed by atoms with Crippen molar-refractivity contribution in [1.82, 2.24) is 20.3 Å². The van der Waals surface area contributed by atoms with Crippen LogP contribution in [0, 0.1) is 0 Å². The average molecular weight is 484 g/mol. The lowest BCUT2D eigenvalue weighted by Gasteiger charge is -2.30. The molecule has 4 rings (SSSR count). The minimum atomic E-state index is -3.48. The minimum absolute atomic E-state index is 0.199. The van der Waals surface area contributed by atoms with Gasteiger partial charge in [0.1, 0.15) is 12.1 Å². The molecule has 180 valence electrons. The number of anilines is 5. The number of nitrogens with one attached hydrogen (secondary N) is 3. The summed E-state index contributed by atoms with van der Waals surface area (Å²) in [5.74, 6) is 1.19. The monoisotopic (exact) mass is 483 g/mol. The Hall–Kier alpha value is -3.44. The summed E-state index contributed by atoms with van der Waals surface area (Å²) in [4.78, 5) is 15.3. The van der Waals surface area contributed by atoms with Crippen LogP contribution in [0.3, 0.4) is 0 Å². The van der Waals surface area contributed by atoms with E-state index in [-0.39, 0.29) is 10.8 Å². The fourth-order valence-corrected chi connectivity index (χ4v) is 4.83. The average Bonchev–Trinajstić information content (AvgIpc) is 2.85. The van der Waals surface area contributed by atoms with Gasteiger partial charge in [0.15, 0.2) is 9.84 Å². The number of hydrogen-bond donors (Lipinski definition) is 3. The number of para-hydroxylation sites is 1. The highest BCUT2D eigenvalue weighted by atomic mass is 32.2. The van der Waals surface area contributed by atoms with E-state index in [4.69, 9.17) is 4.74 Å². The van der Waals surface area contributed by atoms with Crippen molar-refractivity contribution < 1.29 is 13.2 Å². The summed E-state index contributed by atoms with van der Waals surface area (Å²) in [6.45, 7) is 7.07. The smallest absolute Gasteiger partial charge is 0.232 e. The highest BCUT2D eigenvalue weighted by Crippen LogP contribution is 2.32. The van der Waals surface area contributed by atoms with Crippen molar-refractivity contribution in [3.8, 4) is 5.75 Å². The largest absolute Gasteiger partial charge is 0.494 e. The number of aromatic nitrogens is 3. The first-order chi connectivity index (χ1) is 16.4. The first-order valence-electron chi connectivity index (χ1n) is 11.1. The lowest BCUT2D eigenvalue weighted by molar-refractivity contribution is 0.416. The molecule has 2 heterocycles. The second-order valence-electron chi connectivity index (χ2n) is 8.09. The summed E-state index contributed by atoms with van der Waals surface area (Å²) >= 11 is 0. The lowest BCUT2D eigenvalue weighted by atomic mass is 10.2. The molecule has 1 aliphatic rings. The van der Waals surface area contributed by atoms with E-state index < -0.39 is 15.1 Å². The third kappa shape index (κ3) is 5.20. The summed E-state index contributed by atoms with van der Waals surface area (Å²) in [6.07, 6.45) is 1.36. The Morgan fingerprint density at radius 1 is 1.00 bits per heavy atom. The molecule has 0 atom stereocenters. The van der Waals surface area contributed by atoms with Gasteiger partial charge in [0.2, 0.25) is 11.9 Å². The van der Waals surface area contributed by atoms with Gasteiger partial charge in [-0.05, 0) is 38.1 Å². The van der Waals surface area contributed by atoms with Crippen molar-refractivity contribution in [1.29, 1.82) is 0 Å². The summed E-state index contributed by atoms with van der Waals surface area (Å²) in [5, 5.41) is 8.98. The standard InChI is InChI=1S/C23H29N7O3S/c1-16(2)34(31,32)21-7-5-4-6-19(21)28-23-26-15-25-22(29-23)27-18-9-8-17(14-20(18)33-3)30-12-10-24-11-13-30/h4-9,14-16,24H,10-13H2,1-3H3,(H2,25,26,27,28,29). The fourth-order valence-electron chi connectivity index (χ4n) is 3.63. The van der Waals surface area contributed by atoms with Crippen molar-refractivity contribution in [2.75, 3.05) is 48.8 Å². The minimum Gasteiger partial charge on any atom is -0.494 e. The predicted molar refractivity (Wildman–Crippen MR) is 133 cm³/mol. The van der Waals surface area contributed by atoms with Gasteiger partial charge in [-0.1, -0.05) is 12.1 Å². The highest BCUT2D eigenvalue weighted by molar-refractivity contribution is 7.92. The Balaban J connectivity index is 1.55. The van der Waals surface area contributed by atoms with Gasteiger partial charge in [-0.15, -0.1) is 0 Å². The third-order valence-electron chi connectivity index (χ3n) is 5.55. The number of methoxy groups -OCH3 is 1. The van der Waals surface area contributed by atoms with Crippen LogP contribution >= 0.6 is 0 Å². The Bertz CT molecular complexity index is 1240. The van der Waals surface area contributed by atoms with E-state index in [0.29, 0.717) is 23.1 Å². The molecule has 0 spiro atoms. The van der Waals surface area contributed by atoms with Gasteiger partial charge < -0.3 is 25.6 Å². The van der Waals surface area contributed by atoms with Gasteiger partial charge >= 0.3 is 0 Å². The SMILES string of the molecule is COc1cc(N2CCNCC2)ccc1Nc1ncnc(Nc2ccccc2S(=O)(=O)C(C)C)n1. The number of nitrogens with zero attached hydrogens (tertiary/aromatic N) is 4. The topological polar surface area (TPSA) is 121 Å². The van der Waals surface area contributed by atoms with Crippen LogP contribution in [0.2, 0.25) is 0 Å². The molecule has 0 bridgehead atoms. The second kappa shape index (κ2) is 10.2. The molecule has 34 heavy (non-hydrogen) atoms. The normalized spacial score (nSPS) is 14.2. The molecule has 1 aromatic heterocycles. The molecule has 2 aromatic carbocycles. The van der Waals surface area contributed by atoms with E-state index in [1.165, 1.54) is 6.33 Å². The predicted octanol–water partition coefficient (Wildman–Crippen LogP) is 2.96. The summed E-state index contributed by atoms with van der Waals surface area (Å²) in [7, 11) is -1.86. The van der Waals surface area contributed by atoms with Crippen LogP contribution in [0.15, 0.2) is 53.7 Å². The van der Waals surface area contributed by atoms with Crippen molar-refractivity contribution >= 4 is 38.8 Å². The fraction of sp³-hybridized carbons (Fsp3) is 0.348. The van der Waals surface area contributed by atoms with Crippen molar-refractivity contribution in [2.45, 2.75) is 24.0 Å². The van der Waals surface area contributed by atoms with E-state index in [0.717, 1.165) is 31.9 Å². The molecule has 1 saturated heterocycles. The quantitative estimate of drug-likeness (QED) is 0.441. The second-order valence-corrected chi connectivity index (χ2v) is 10.6. The molecule has 0 aliphatic carbocycles. The number of ether oxygens (including phenoxy) is 1.